The van der Waals surface area contributed by atoms with Gasteiger partial charge in [0.15, 0.2) is 5.69 Å². The molecule has 3 heterocycles. The van der Waals surface area contributed by atoms with Crippen molar-refractivity contribution < 1.29 is 27.9 Å². The Morgan fingerprint density at radius 1 is 1.06 bits per heavy atom. The molecule has 2 saturated heterocycles. The van der Waals surface area contributed by atoms with E-state index in [9.17, 15) is 18.4 Å². The van der Waals surface area contributed by atoms with Crippen molar-refractivity contribution in [2.45, 2.75) is 25.3 Å². The molecular formula is C21H22F2N4O4. The number of methoxy groups -OCH3 is 1. The number of benzene rings is 1. The number of esters is 1. The maximum atomic E-state index is 13.6. The molecule has 0 radical (unpaired) electrons. The minimum Gasteiger partial charge on any atom is -0.464 e. The fraction of sp³-hybridized carbons (Fsp3) is 0.429. The number of rotatable bonds is 4. The Hall–Kier alpha value is -3.14. The van der Waals surface area contributed by atoms with E-state index < -0.39 is 23.6 Å². The molecule has 8 nitrogen and oxygen atoms in total. The van der Waals surface area contributed by atoms with Gasteiger partial charge in [-0.3, -0.25) is 9.63 Å². The molecule has 4 rings (SSSR count). The van der Waals surface area contributed by atoms with E-state index in [-0.39, 0.29) is 17.5 Å². The van der Waals surface area contributed by atoms with Gasteiger partial charge >= 0.3 is 5.97 Å². The second kappa shape index (κ2) is 8.93. The number of anilines is 1. The quantitative estimate of drug-likeness (QED) is 0.687. The third-order valence-electron chi connectivity index (χ3n) is 5.61. The maximum absolute atomic E-state index is 13.6. The van der Waals surface area contributed by atoms with Crippen molar-refractivity contribution in [2.24, 2.45) is 5.92 Å². The molecule has 2 aliphatic rings. The Bertz CT molecular complexity index is 961. The molecule has 2 aromatic rings. The largest absolute Gasteiger partial charge is 0.464 e. The first-order chi connectivity index (χ1) is 15.0. The van der Waals surface area contributed by atoms with Crippen molar-refractivity contribution in [1.29, 1.82) is 0 Å². The summed E-state index contributed by atoms with van der Waals surface area (Å²) in [7, 11) is 1.28. The molecule has 0 N–H and O–H groups in total. The SMILES string of the molecule is COC(=O)c1cc(N2CCC(C(=O)N3OCC[C@H]3c3cc(F)cc(F)c3)CC2)ncn1. The number of carbonyl (C=O) groups excluding carboxylic acids is 2. The molecule has 0 aliphatic carbocycles. The number of carbonyl (C=O) groups is 2. The number of aromatic nitrogens is 2. The Labute approximate surface area is 177 Å². The zero-order valence-electron chi connectivity index (χ0n) is 17.0. The fourth-order valence-electron chi connectivity index (χ4n) is 4.03. The van der Waals surface area contributed by atoms with Crippen molar-refractivity contribution in [3.05, 3.63) is 53.5 Å². The topological polar surface area (TPSA) is 84.9 Å². The summed E-state index contributed by atoms with van der Waals surface area (Å²) >= 11 is 0. The summed E-state index contributed by atoms with van der Waals surface area (Å²) < 4.78 is 32.0. The smallest absolute Gasteiger partial charge is 0.356 e. The van der Waals surface area contributed by atoms with E-state index in [0.717, 1.165) is 6.07 Å². The van der Waals surface area contributed by atoms with E-state index in [2.05, 4.69) is 14.7 Å². The standard InChI is InChI=1S/C21H22F2N4O4/c1-30-21(29)17-11-19(25-12-24-17)26-5-2-13(3-6-26)20(28)27-18(4-7-31-27)14-8-15(22)10-16(23)9-14/h8-13,18H,2-7H2,1H3/t18-/m0/s1. The third kappa shape index (κ3) is 4.48. The van der Waals surface area contributed by atoms with Crippen LogP contribution in [-0.2, 0) is 14.4 Å². The molecule has 2 aliphatic heterocycles. The lowest BCUT2D eigenvalue weighted by Crippen LogP contribution is -2.42. The molecule has 0 saturated carbocycles. The predicted octanol–water partition coefficient (Wildman–Crippen LogP) is 2.66. The number of nitrogens with zero attached hydrogens (tertiary/aromatic N) is 4. The number of ether oxygens (including phenoxy) is 1. The van der Waals surface area contributed by atoms with Crippen LogP contribution in [0, 0.1) is 17.6 Å². The van der Waals surface area contributed by atoms with Gasteiger partial charge in [-0.25, -0.2) is 28.6 Å². The van der Waals surface area contributed by atoms with Gasteiger partial charge in [0.2, 0.25) is 5.91 Å². The number of piperidine rings is 1. The van der Waals surface area contributed by atoms with Crippen LogP contribution in [-0.4, -0.2) is 53.7 Å². The number of hydrogen-bond acceptors (Lipinski definition) is 7. The monoisotopic (exact) mass is 432 g/mol. The molecule has 10 heteroatoms. The summed E-state index contributed by atoms with van der Waals surface area (Å²) in [6, 6.07) is 4.32. The first kappa shape index (κ1) is 21.1. The molecular weight excluding hydrogens is 410 g/mol. The average molecular weight is 432 g/mol. The summed E-state index contributed by atoms with van der Waals surface area (Å²) in [5.74, 6) is -1.79. The lowest BCUT2D eigenvalue weighted by molar-refractivity contribution is -0.182. The van der Waals surface area contributed by atoms with Crippen LogP contribution >= 0.6 is 0 Å². The molecule has 2 fully saturated rings. The summed E-state index contributed by atoms with van der Waals surface area (Å²) in [6.45, 7) is 1.42. The molecule has 1 atom stereocenters. The molecule has 1 amide bonds. The normalized spacial score (nSPS) is 19.5. The molecule has 1 aromatic heterocycles. The summed E-state index contributed by atoms with van der Waals surface area (Å²) in [5, 5.41) is 1.27. The van der Waals surface area contributed by atoms with Gasteiger partial charge in [0.25, 0.3) is 0 Å². The first-order valence-electron chi connectivity index (χ1n) is 10.0. The minimum absolute atomic E-state index is 0.168. The zero-order valence-corrected chi connectivity index (χ0v) is 17.0. The van der Waals surface area contributed by atoms with Gasteiger partial charge in [-0.05, 0) is 30.5 Å². The van der Waals surface area contributed by atoms with Gasteiger partial charge in [-0.15, -0.1) is 0 Å². The second-order valence-electron chi connectivity index (χ2n) is 7.52. The van der Waals surface area contributed by atoms with Crippen molar-refractivity contribution in [2.75, 3.05) is 31.7 Å². The Balaban J connectivity index is 1.41. The zero-order chi connectivity index (χ0) is 22.0. The molecule has 0 bridgehead atoms. The van der Waals surface area contributed by atoms with Crippen LogP contribution < -0.4 is 4.90 Å². The van der Waals surface area contributed by atoms with E-state index in [1.807, 2.05) is 4.90 Å². The average Bonchev–Trinajstić information content (AvgIpc) is 3.27. The highest BCUT2D eigenvalue weighted by Crippen LogP contribution is 2.34. The van der Waals surface area contributed by atoms with E-state index in [4.69, 9.17) is 4.84 Å². The van der Waals surface area contributed by atoms with Crippen molar-refractivity contribution in [3.8, 4) is 0 Å². The van der Waals surface area contributed by atoms with Crippen LogP contribution in [0.15, 0.2) is 30.6 Å². The van der Waals surface area contributed by atoms with Gasteiger partial charge in [0.1, 0.15) is 23.8 Å². The van der Waals surface area contributed by atoms with Crippen molar-refractivity contribution in [1.82, 2.24) is 15.0 Å². The number of hydrogen-bond donors (Lipinski definition) is 0. The number of hydroxylamine groups is 2. The Kier molecular flexibility index (Phi) is 6.08. The van der Waals surface area contributed by atoms with Gasteiger partial charge in [0.05, 0.1) is 19.8 Å². The minimum atomic E-state index is -0.682. The van der Waals surface area contributed by atoms with Crippen LogP contribution in [0.25, 0.3) is 0 Å². The fourth-order valence-corrected chi connectivity index (χ4v) is 4.03. The van der Waals surface area contributed by atoms with Crippen LogP contribution in [0.1, 0.15) is 41.4 Å². The highest BCUT2D eigenvalue weighted by molar-refractivity contribution is 5.87. The number of amides is 1. The molecule has 31 heavy (non-hydrogen) atoms. The molecule has 0 spiro atoms. The number of halogens is 2. The predicted molar refractivity (Wildman–Crippen MR) is 105 cm³/mol. The Morgan fingerprint density at radius 3 is 2.45 bits per heavy atom. The molecule has 164 valence electrons. The van der Waals surface area contributed by atoms with Gasteiger partial charge in [-0.2, -0.15) is 0 Å². The van der Waals surface area contributed by atoms with E-state index in [0.29, 0.717) is 50.3 Å². The lowest BCUT2D eigenvalue weighted by Gasteiger charge is -2.34. The highest BCUT2D eigenvalue weighted by Gasteiger charge is 2.37. The second-order valence-corrected chi connectivity index (χ2v) is 7.52. The molecule has 1 aromatic carbocycles. The summed E-state index contributed by atoms with van der Waals surface area (Å²) in [5.41, 5.74) is 0.554. The van der Waals surface area contributed by atoms with Crippen LogP contribution in [0.4, 0.5) is 14.6 Å². The third-order valence-corrected chi connectivity index (χ3v) is 5.61. The van der Waals surface area contributed by atoms with Crippen molar-refractivity contribution >= 4 is 17.7 Å². The summed E-state index contributed by atoms with van der Waals surface area (Å²) in [4.78, 5) is 40.4. The molecule has 0 unspecified atom stereocenters. The van der Waals surface area contributed by atoms with Crippen molar-refractivity contribution in [3.63, 3.8) is 0 Å². The van der Waals surface area contributed by atoms with Crippen LogP contribution in [0.3, 0.4) is 0 Å². The van der Waals surface area contributed by atoms with Crippen LogP contribution in [0.2, 0.25) is 0 Å². The lowest BCUT2D eigenvalue weighted by atomic mass is 9.94. The Morgan fingerprint density at radius 2 is 1.77 bits per heavy atom. The maximum Gasteiger partial charge on any atom is 0.356 e. The van der Waals surface area contributed by atoms with Gasteiger partial charge in [0, 0.05) is 37.6 Å². The van der Waals surface area contributed by atoms with E-state index >= 15 is 0 Å². The van der Waals surface area contributed by atoms with E-state index in [1.54, 1.807) is 6.07 Å². The summed E-state index contributed by atoms with van der Waals surface area (Å²) in [6.07, 6.45) is 2.89. The van der Waals surface area contributed by atoms with E-state index in [1.165, 1.54) is 30.6 Å². The van der Waals surface area contributed by atoms with Crippen LogP contribution in [0.5, 0.6) is 0 Å². The first-order valence-corrected chi connectivity index (χ1v) is 10.0. The van der Waals surface area contributed by atoms with Gasteiger partial charge < -0.3 is 9.64 Å². The highest BCUT2D eigenvalue weighted by atomic mass is 19.1. The van der Waals surface area contributed by atoms with Gasteiger partial charge in [-0.1, -0.05) is 0 Å².